The molecule has 3 heterocycles. The van der Waals surface area contributed by atoms with Crippen LogP contribution in [0.2, 0.25) is 0 Å². The van der Waals surface area contributed by atoms with Gasteiger partial charge in [0.15, 0.2) is 0 Å². The average molecular weight is 303 g/mol. The van der Waals surface area contributed by atoms with Gasteiger partial charge in [-0.25, -0.2) is 0 Å². The fraction of sp³-hybridized carbons (Fsp3) is 0.667. The minimum Gasteiger partial charge on any atom is -0.392 e. The van der Waals surface area contributed by atoms with Gasteiger partial charge >= 0.3 is 0 Å². The Morgan fingerprint density at radius 2 is 2.44 bits per heavy atom. The third-order valence-electron chi connectivity index (χ3n) is 3.73. The zero-order valence-electron chi connectivity index (χ0n) is 8.93. The number of aliphatic hydroxyl groups excluding tert-OH is 1. The SMILES string of the molecule is OC(Cc1sccc1Br)C1CC2CCC1O2. The summed E-state index contributed by atoms with van der Waals surface area (Å²) in [6, 6.07) is 2.05. The molecule has 2 aliphatic rings. The summed E-state index contributed by atoms with van der Waals surface area (Å²) in [5.41, 5.74) is 0. The smallest absolute Gasteiger partial charge is 0.0642 e. The number of rotatable bonds is 3. The van der Waals surface area contributed by atoms with Crippen LogP contribution >= 0.6 is 27.3 Å². The van der Waals surface area contributed by atoms with Crippen molar-refractivity contribution in [1.29, 1.82) is 0 Å². The Hall–Kier alpha value is 0.1000. The Kier molecular flexibility index (Phi) is 3.09. The minimum atomic E-state index is -0.245. The number of aliphatic hydroxyl groups is 1. The second-order valence-electron chi connectivity index (χ2n) is 4.74. The van der Waals surface area contributed by atoms with Gasteiger partial charge in [0.05, 0.1) is 18.3 Å². The van der Waals surface area contributed by atoms with E-state index in [1.165, 1.54) is 11.3 Å². The van der Waals surface area contributed by atoms with Gasteiger partial charge in [-0.3, -0.25) is 0 Å². The van der Waals surface area contributed by atoms with Gasteiger partial charge in [0.25, 0.3) is 0 Å². The lowest BCUT2D eigenvalue weighted by atomic mass is 9.84. The first-order valence-electron chi connectivity index (χ1n) is 5.79. The van der Waals surface area contributed by atoms with Gasteiger partial charge in [-0.15, -0.1) is 11.3 Å². The fourth-order valence-corrected chi connectivity index (χ4v) is 4.46. The molecule has 88 valence electrons. The molecule has 2 aliphatic heterocycles. The Balaban J connectivity index is 1.66. The van der Waals surface area contributed by atoms with Gasteiger partial charge in [-0.05, 0) is 46.6 Å². The molecule has 4 heteroatoms. The topological polar surface area (TPSA) is 29.5 Å². The molecule has 3 rings (SSSR count). The van der Waals surface area contributed by atoms with E-state index in [2.05, 4.69) is 21.3 Å². The number of hydrogen-bond acceptors (Lipinski definition) is 3. The summed E-state index contributed by atoms with van der Waals surface area (Å²) in [5, 5.41) is 12.3. The van der Waals surface area contributed by atoms with Gasteiger partial charge in [-0.1, -0.05) is 0 Å². The lowest BCUT2D eigenvalue weighted by molar-refractivity contribution is 0.0434. The summed E-state index contributed by atoms with van der Waals surface area (Å²) in [6.07, 6.45) is 4.64. The molecular formula is C12H15BrO2S. The van der Waals surface area contributed by atoms with Crippen LogP contribution in [0, 0.1) is 5.92 Å². The summed E-state index contributed by atoms with van der Waals surface area (Å²) in [6.45, 7) is 0. The molecule has 16 heavy (non-hydrogen) atoms. The van der Waals surface area contributed by atoms with Gasteiger partial charge in [0.2, 0.25) is 0 Å². The second-order valence-corrected chi connectivity index (χ2v) is 6.59. The van der Waals surface area contributed by atoms with E-state index in [-0.39, 0.29) is 6.10 Å². The predicted molar refractivity (Wildman–Crippen MR) is 67.7 cm³/mol. The standard InChI is InChI=1S/C12H15BrO2S/c13-9-3-4-16-12(9)6-10(14)8-5-7-1-2-11(8)15-7/h3-4,7-8,10-11,14H,1-2,5-6H2. The van der Waals surface area contributed by atoms with Crippen LogP contribution in [0.1, 0.15) is 24.1 Å². The average Bonchev–Trinajstić information content (AvgIpc) is 2.95. The fourth-order valence-electron chi connectivity index (χ4n) is 2.89. The summed E-state index contributed by atoms with van der Waals surface area (Å²) in [5.74, 6) is 0.354. The molecule has 0 spiro atoms. The monoisotopic (exact) mass is 302 g/mol. The van der Waals surface area contributed by atoms with Crippen molar-refractivity contribution in [2.24, 2.45) is 5.92 Å². The van der Waals surface area contributed by atoms with E-state index < -0.39 is 0 Å². The predicted octanol–water partition coefficient (Wildman–Crippen LogP) is 2.98. The molecule has 0 radical (unpaired) electrons. The van der Waals surface area contributed by atoms with Crippen molar-refractivity contribution in [3.8, 4) is 0 Å². The first kappa shape index (κ1) is 11.2. The molecule has 1 N–H and O–H groups in total. The first-order chi connectivity index (χ1) is 7.74. The van der Waals surface area contributed by atoms with Crippen molar-refractivity contribution >= 4 is 27.3 Å². The second kappa shape index (κ2) is 4.41. The molecule has 0 amide bonds. The number of thiophene rings is 1. The van der Waals surface area contributed by atoms with Crippen molar-refractivity contribution in [2.75, 3.05) is 0 Å². The summed E-state index contributed by atoms with van der Waals surface area (Å²) < 4.78 is 6.91. The normalized spacial score (nSPS) is 34.5. The minimum absolute atomic E-state index is 0.245. The van der Waals surface area contributed by atoms with Crippen molar-refractivity contribution in [2.45, 2.75) is 44.0 Å². The maximum absolute atomic E-state index is 10.3. The third-order valence-corrected chi connectivity index (χ3v) is 5.68. The molecule has 0 aromatic carbocycles. The van der Waals surface area contributed by atoms with E-state index in [4.69, 9.17) is 4.74 Å². The van der Waals surface area contributed by atoms with E-state index in [1.54, 1.807) is 11.3 Å². The lowest BCUT2D eigenvalue weighted by Crippen LogP contribution is -2.30. The van der Waals surface area contributed by atoms with Crippen LogP contribution < -0.4 is 0 Å². The van der Waals surface area contributed by atoms with Crippen LogP contribution in [-0.2, 0) is 11.2 Å². The van der Waals surface area contributed by atoms with E-state index in [1.807, 2.05) is 6.07 Å². The van der Waals surface area contributed by atoms with Gasteiger partial charge in [-0.2, -0.15) is 0 Å². The van der Waals surface area contributed by atoms with Crippen LogP contribution in [0.4, 0.5) is 0 Å². The molecule has 0 saturated carbocycles. The quantitative estimate of drug-likeness (QED) is 0.930. The Labute approximate surface area is 108 Å². The van der Waals surface area contributed by atoms with E-state index in [0.717, 1.165) is 23.7 Å². The molecule has 4 unspecified atom stereocenters. The van der Waals surface area contributed by atoms with Crippen LogP contribution in [0.5, 0.6) is 0 Å². The van der Waals surface area contributed by atoms with Crippen molar-refractivity contribution in [1.82, 2.24) is 0 Å². The number of fused-ring (bicyclic) bond motifs is 2. The molecule has 1 aromatic heterocycles. The number of hydrogen-bond donors (Lipinski definition) is 1. The Bertz CT molecular complexity index is 379. The summed E-state index contributed by atoms with van der Waals surface area (Å²) in [7, 11) is 0. The largest absolute Gasteiger partial charge is 0.392 e. The maximum Gasteiger partial charge on any atom is 0.0642 e. The highest BCUT2D eigenvalue weighted by Gasteiger charge is 2.43. The molecule has 2 nitrogen and oxygen atoms in total. The van der Waals surface area contributed by atoms with E-state index in [0.29, 0.717) is 18.1 Å². The van der Waals surface area contributed by atoms with Crippen molar-refractivity contribution in [3.05, 3.63) is 20.8 Å². The molecule has 4 atom stereocenters. The first-order valence-corrected chi connectivity index (χ1v) is 7.46. The zero-order chi connectivity index (χ0) is 11.1. The van der Waals surface area contributed by atoms with Crippen molar-refractivity contribution < 1.29 is 9.84 Å². The van der Waals surface area contributed by atoms with Crippen LogP contribution in [0.3, 0.4) is 0 Å². The molecular weight excluding hydrogens is 288 g/mol. The Morgan fingerprint density at radius 3 is 3.00 bits per heavy atom. The molecule has 2 saturated heterocycles. The van der Waals surface area contributed by atoms with Gasteiger partial charge in [0, 0.05) is 21.7 Å². The highest BCUT2D eigenvalue weighted by atomic mass is 79.9. The van der Waals surface area contributed by atoms with Crippen molar-refractivity contribution in [3.63, 3.8) is 0 Å². The summed E-state index contributed by atoms with van der Waals surface area (Å²) >= 11 is 5.22. The Morgan fingerprint density at radius 1 is 1.56 bits per heavy atom. The van der Waals surface area contributed by atoms with Gasteiger partial charge < -0.3 is 9.84 Å². The van der Waals surface area contributed by atoms with E-state index >= 15 is 0 Å². The third kappa shape index (κ3) is 1.96. The molecule has 0 aliphatic carbocycles. The molecule has 2 fully saturated rings. The maximum atomic E-state index is 10.3. The van der Waals surface area contributed by atoms with Gasteiger partial charge in [0.1, 0.15) is 0 Å². The van der Waals surface area contributed by atoms with E-state index in [9.17, 15) is 5.11 Å². The molecule has 2 bridgehead atoms. The van der Waals surface area contributed by atoms with Crippen LogP contribution in [0.25, 0.3) is 0 Å². The lowest BCUT2D eigenvalue weighted by Gasteiger charge is -2.23. The van der Waals surface area contributed by atoms with Crippen LogP contribution in [0.15, 0.2) is 15.9 Å². The highest BCUT2D eigenvalue weighted by molar-refractivity contribution is 9.10. The zero-order valence-corrected chi connectivity index (χ0v) is 11.3. The molecule has 1 aromatic rings. The number of halogens is 1. The van der Waals surface area contributed by atoms with Crippen LogP contribution in [-0.4, -0.2) is 23.4 Å². The summed E-state index contributed by atoms with van der Waals surface area (Å²) in [4.78, 5) is 1.25. The number of ether oxygens (including phenoxy) is 1. The highest BCUT2D eigenvalue weighted by Crippen LogP contribution is 2.41.